The number of ether oxygens (including phenoxy) is 1. The van der Waals surface area contributed by atoms with Crippen LogP contribution in [-0.2, 0) is 0 Å². The van der Waals surface area contributed by atoms with Crippen LogP contribution in [0.1, 0.15) is 29.1 Å². The summed E-state index contributed by atoms with van der Waals surface area (Å²) in [6.07, 6.45) is -0.927. The van der Waals surface area contributed by atoms with E-state index in [4.69, 9.17) is 9.26 Å². The molecular weight excluding hydrogens is 382 g/mol. The SMILES string of the molecule is COc1ccccc1N1CCN(C(=O)c2c(-c3ccccc3)noc2C(C)O)CC1. The molecule has 1 atom stereocenters. The molecule has 1 fully saturated rings. The number of aliphatic hydroxyl groups is 1. The summed E-state index contributed by atoms with van der Waals surface area (Å²) in [6.45, 7) is 4.04. The molecule has 0 aliphatic carbocycles. The number of carbonyl (C=O) groups is 1. The predicted molar refractivity (Wildman–Crippen MR) is 114 cm³/mol. The standard InChI is InChI=1S/C23H25N3O4/c1-16(27)22-20(21(24-30-22)17-8-4-3-5-9-17)23(28)26-14-12-25(13-15-26)18-10-6-7-11-19(18)29-2/h3-11,16,27H,12-15H2,1-2H3. The fourth-order valence-corrected chi connectivity index (χ4v) is 3.79. The molecule has 0 saturated carbocycles. The molecule has 2 heterocycles. The Hall–Kier alpha value is -3.32. The van der Waals surface area contributed by atoms with Gasteiger partial charge in [0, 0.05) is 31.7 Å². The van der Waals surface area contributed by atoms with Crippen molar-refractivity contribution in [1.29, 1.82) is 0 Å². The molecule has 0 spiro atoms. The maximum absolute atomic E-state index is 13.4. The monoisotopic (exact) mass is 407 g/mol. The highest BCUT2D eigenvalue weighted by Crippen LogP contribution is 2.32. The van der Waals surface area contributed by atoms with Crippen molar-refractivity contribution in [3.8, 4) is 17.0 Å². The topological polar surface area (TPSA) is 79.0 Å². The minimum Gasteiger partial charge on any atom is -0.495 e. The third kappa shape index (κ3) is 3.76. The fourth-order valence-electron chi connectivity index (χ4n) is 3.79. The molecule has 156 valence electrons. The first-order valence-corrected chi connectivity index (χ1v) is 10.0. The van der Waals surface area contributed by atoms with Crippen LogP contribution in [0.15, 0.2) is 59.1 Å². The maximum atomic E-state index is 13.4. The molecule has 1 aromatic heterocycles. The Bertz CT molecular complexity index is 1010. The van der Waals surface area contributed by atoms with Crippen molar-refractivity contribution in [2.24, 2.45) is 0 Å². The number of anilines is 1. The van der Waals surface area contributed by atoms with Gasteiger partial charge in [-0.15, -0.1) is 0 Å². The number of rotatable bonds is 5. The van der Waals surface area contributed by atoms with Crippen LogP contribution in [0.3, 0.4) is 0 Å². The Kier molecular flexibility index (Phi) is 5.72. The van der Waals surface area contributed by atoms with Crippen molar-refractivity contribution in [2.45, 2.75) is 13.0 Å². The van der Waals surface area contributed by atoms with Crippen LogP contribution in [0.5, 0.6) is 5.75 Å². The van der Waals surface area contributed by atoms with Crippen LogP contribution in [0.25, 0.3) is 11.3 Å². The lowest BCUT2D eigenvalue weighted by Gasteiger charge is -2.36. The molecule has 1 unspecified atom stereocenters. The van der Waals surface area contributed by atoms with Crippen molar-refractivity contribution in [3.05, 3.63) is 65.9 Å². The average Bonchev–Trinajstić information content (AvgIpc) is 3.25. The second kappa shape index (κ2) is 8.59. The number of hydrogen-bond acceptors (Lipinski definition) is 6. The summed E-state index contributed by atoms with van der Waals surface area (Å²) in [6, 6.07) is 17.3. The summed E-state index contributed by atoms with van der Waals surface area (Å²) in [5.41, 5.74) is 2.60. The Labute approximate surface area is 175 Å². The number of amides is 1. The molecule has 30 heavy (non-hydrogen) atoms. The molecule has 7 heteroatoms. The van der Waals surface area contributed by atoms with E-state index in [0.717, 1.165) is 17.0 Å². The molecule has 4 rings (SSSR count). The van der Waals surface area contributed by atoms with E-state index in [0.29, 0.717) is 37.4 Å². The number of hydrogen-bond donors (Lipinski definition) is 1. The van der Waals surface area contributed by atoms with Gasteiger partial charge in [-0.25, -0.2) is 0 Å². The van der Waals surface area contributed by atoms with Gasteiger partial charge >= 0.3 is 0 Å². The smallest absolute Gasteiger partial charge is 0.259 e. The second-order valence-electron chi connectivity index (χ2n) is 7.26. The Morgan fingerprint density at radius 3 is 2.40 bits per heavy atom. The zero-order valence-electron chi connectivity index (χ0n) is 17.1. The van der Waals surface area contributed by atoms with Crippen molar-refractivity contribution >= 4 is 11.6 Å². The lowest BCUT2D eigenvalue weighted by atomic mass is 10.0. The van der Waals surface area contributed by atoms with E-state index in [-0.39, 0.29) is 11.7 Å². The van der Waals surface area contributed by atoms with Crippen LogP contribution in [-0.4, -0.2) is 54.4 Å². The quantitative estimate of drug-likeness (QED) is 0.699. The first-order chi connectivity index (χ1) is 14.6. The predicted octanol–water partition coefficient (Wildman–Crippen LogP) is 3.37. The summed E-state index contributed by atoms with van der Waals surface area (Å²) < 4.78 is 10.8. The molecular formula is C23H25N3O4. The lowest BCUT2D eigenvalue weighted by molar-refractivity contribution is 0.0735. The molecule has 1 aliphatic heterocycles. The molecule has 1 amide bonds. The first kappa shape index (κ1) is 20.0. The highest BCUT2D eigenvalue weighted by molar-refractivity contribution is 6.01. The van der Waals surface area contributed by atoms with Crippen LogP contribution in [0.2, 0.25) is 0 Å². The number of carbonyl (C=O) groups excluding carboxylic acids is 1. The number of aromatic nitrogens is 1. The molecule has 0 bridgehead atoms. The largest absolute Gasteiger partial charge is 0.495 e. The Morgan fingerprint density at radius 1 is 1.07 bits per heavy atom. The zero-order valence-corrected chi connectivity index (χ0v) is 17.1. The van der Waals surface area contributed by atoms with E-state index in [9.17, 15) is 9.90 Å². The number of methoxy groups -OCH3 is 1. The molecule has 3 aromatic rings. The van der Waals surface area contributed by atoms with Crippen molar-refractivity contribution < 1.29 is 19.2 Å². The summed E-state index contributed by atoms with van der Waals surface area (Å²) in [5.74, 6) is 0.843. The maximum Gasteiger partial charge on any atom is 0.259 e. The minimum atomic E-state index is -0.927. The van der Waals surface area contributed by atoms with Crippen LogP contribution < -0.4 is 9.64 Å². The zero-order chi connectivity index (χ0) is 21.1. The number of nitrogens with zero attached hydrogens (tertiary/aromatic N) is 3. The molecule has 1 saturated heterocycles. The molecule has 7 nitrogen and oxygen atoms in total. The van der Waals surface area contributed by atoms with Crippen molar-refractivity contribution in [3.63, 3.8) is 0 Å². The van der Waals surface area contributed by atoms with Gasteiger partial charge < -0.3 is 24.2 Å². The second-order valence-corrected chi connectivity index (χ2v) is 7.26. The number of piperazine rings is 1. The number of benzene rings is 2. The molecule has 2 aromatic carbocycles. The average molecular weight is 407 g/mol. The highest BCUT2D eigenvalue weighted by atomic mass is 16.5. The van der Waals surface area contributed by atoms with Gasteiger partial charge in [0.05, 0.1) is 12.8 Å². The third-order valence-corrected chi connectivity index (χ3v) is 5.35. The minimum absolute atomic E-state index is 0.175. The van der Waals surface area contributed by atoms with E-state index in [1.165, 1.54) is 0 Å². The summed E-state index contributed by atoms with van der Waals surface area (Å²) in [5, 5.41) is 14.2. The van der Waals surface area contributed by atoms with Crippen LogP contribution >= 0.6 is 0 Å². The van der Waals surface area contributed by atoms with Gasteiger partial charge in [0.1, 0.15) is 23.1 Å². The first-order valence-electron chi connectivity index (χ1n) is 10.0. The van der Waals surface area contributed by atoms with E-state index < -0.39 is 6.10 Å². The van der Waals surface area contributed by atoms with Gasteiger partial charge in [0.2, 0.25) is 0 Å². The molecule has 1 aliphatic rings. The van der Waals surface area contributed by atoms with E-state index >= 15 is 0 Å². The third-order valence-electron chi connectivity index (χ3n) is 5.35. The fraction of sp³-hybridized carbons (Fsp3) is 0.304. The number of para-hydroxylation sites is 2. The van der Waals surface area contributed by atoms with Gasteiger partial charge in [-0.3, -0.25) is 4.79 Å². The number of aliphatic hydroxyl groups excluding tert-OH is 1. The molecule has 1 N–H and O–H groups in total. The Balaban J connectivity index is 1.57. The van der Waals surface area contributed by atoms with Gasteiger partial charge in [0.15, 0.2) is 5.76 Å². The highest BCUT2D eigenvalue weighted by Gasteiger charge is 2.31. The van der Waals surface area contributed by atoms with E-state index in [1.807, 2.05) is 54.6 Å². The van der Waals surface area contributed by atoms with Crippen molar-refractivity contribution in [2.75, 3.05) is 38.2 Å². The van der Waals surface area contributed by atoms with Gasteiger partial charge in [-0.1, -0.05) is 47.6 Å². The van der Waals surface area contributed by atoms with E-state index in [2.05, 4.69) is 10.1 Å². The molecule has 0 radical (unpaired) electrons. The summed E-state index contributed by atoms with van der Waals surface area (Å²) >= 11 is 0. The van der Waals surface area contributed by atoms with Gasteiger partial charge in [0.25, 0.3) is 5.91 Å². The van der Waals surface area contributed by atoms with E-state index in [1.54, 1.807) is 18.9 Å². The Morgan fingerprint density at radius 2 is 1.73 bits per heavy atom. The summed E-state index contributed by atoms with van der Waals surface area (Å²) in [7, 11) is 1.66. The van der Waals surface area contributed by atoms with Gasteiger partial charge in [-0.2, -0.15) is 0 Å². The summed E-state index contributed by atoms with van der Waals surface area (Å²) in [4.78, 5) is 17.4. The van der Waals surface area contributed by atoms with Crippen molar-refractivity contribution in [1.82, 2.24) is 10.1 Å². The van der Waals surface area contributed by atoms with Crippen LogP contribution in [0.4, 0.5) is 5.69 Å². The lowest BCUT2D eigenvalue weighted by Crippen LogP contribution is -2.49. The van der Waals surface area contributed by atoms with Gasteiger partial charge in [-0.05, 0) is 19.1 Å². The normalized spacial score (nSPS) is 15.2. The van der Waals surface area contributed by atoms with Crippen LogP contribution in [0, 0.1) is 0 Å².